The van der Waals surface area contributed by atoms with E-state index in [1.165, 1.54) is 6.07 Å². The van der Waals surface area contributed by atoms with Gasteiger partial charge in [0.2, 0.25) is 0 Å². The summed E-state index contributed by atoms with van der Waals surface area (Å²) in [6.07, 6.45) is 0. The van der Waals surface area contributed by atoms with Crippen molar-refractivity contribution in [2.45, 2.75) is 93.3 Å². The van der Waals surface area contributed by atoms with Crippen LogP contribution in [0, 0.1) is 27.7 Å². The maximum atomic E-state index is 12.9. The zero-order valence-corrected chi connectivity index (χ0v) is 25.4. The van der Waals surface area contributed by atoms with Crippen LogP contribution in [0.5, 0.6) is 11.5 Å². The van der Waals surface area contributed by atoms with Crippen molar-refractivity contribution in [2.75, 3.05) is 0 Å². The minimum atomic E-state index is -0.581. The fourth-order valence-corrected chi connectivity index (χ4v) is 4.83. The standard InChI is InChI=1S/C34H42O6/c1-19-14-27(33(5,6)7)29(35)21(3)25(19)17-39-31(37)23-12-11-13-24(16-23)32(38)40-18-26-20(2)15-28(34(8,9)10)30(36)22(26)4/h11-16,35-36H,17-18H2,1-10H3. The number of hydrogen-bond donors (Lipinski definition) is 2. The summed E-state index contributed by atoms with van der Waals surface area (Å²) in [5.41, 5.74) is 6.40. The molecule has 3 aromatic carbocycles. The first-order chi connectivity index (χ1) is 18.4. The summed E-state index contributed by atoms with van der Waals surface area (Å²) in [6.45, 7) is 19.7. The largest absolute Gasteiger partial charge is 0.507 e. The Bertz CT molecular complexity index is 1340. The lowest BCUT2D eigenvalue weighted by atomic mass is 9.83. The number of aryl methyl sites for hydroxylation is 2. The van der Waals surface area contributed by atoms with Gasteiger partial charge in [-0.3, -0.25) is 0 Å². The summed E-state index contributed by atoms with van der Waals surface area (Å²) in [5.74, 6) is -0.745. The number of esters is 2. The zero-order valence-electron chi connectivity index (χ0n) is 25.4. The van der Waals surface area contributed by atoms with Crippen LogP contribution in [0.4, 0.5) is 0 Å². The zero-order chi connectivity index (χ0) is 30.2. The van der Waals surface area contributed by atoms with Crippen molar-refractivity contribution in [2.24, 2.45) is 0 Å². The third kappa shape index (κ3) is 6.49. The van der Waals surface area contributed by atoms with Crippen LogP contribution in [0.15, 0.2) is 36.4 Å². The maximum Gasteiger partial charge on any atom is 0.338 e. The minimum absolute atomic E-state index is 0.00420. The van der Waals surface area contributed by atoms with E-state index in [0.717, 1.165) is 33.4 Å². The molecule has 0 spiro atoms. The Balaban J connectivity index is 1.73. The topological polar surface area (TPSA) is 93.1 Å². The van der Waals surface area contributed by atoms with Gasteiger partial charge in [-0.1, -0.05) is 59.7 Å². The number of ether oxygens (including phenoxy) is 2. The lowest BCUT2D eigenvalue weighted by molar-refractivity contribution is 0.0469. The van der Waals surface area contributed by atoms with Gasteiger partial charge in [0.05, 0.1) is 11.1 Å². The Labute approximate surface area is 238 Å². The van der Waals surface area contributed by atoms with Crippen molar-refractivity contribution in [3.63, 3.8) is 0 Å². The molecule has 0 atom stereocenters. The average Bonchev–Trinajstić information content (AvgIpc) is 2.86. The molecule has 0 aliphatic rings. The molecule has 0 aromatic heterocycles. The highest BCUT2D eigenvalue weighted by Gasteiger charge is 2.24. The SMILES string of the molecule is Cc1cc(C(C)(C)C)c(O)c(C)c1COC(=O)c1cccc(C(=O)OCc2c(C)cc(C(C)(C)C)c(O)c2C)c1. The third-order valence-corrected chi connectivity index (χ3v) is 7.44. The van der Waals surface area contributed by atoms with Crippen LogP contribution in [-0.4, -0.2) is 22.2 Å². The van der Waals surface area contributed by atoms with E-state index in [4.69, 9.17) is 9.47 Å². The molecule has 0 saturated heterocycles. The number of phenols is 2. The summed E-state index contributed by atoms with van der Waals surface area (Å²) >= 11 is 0. The Hall–Kier alpha value is -3.80. The highest BCUT2D eigenvalue weighted by Crippen LogP contribution is 2.38. The fourth-order valence-electron chi connectivity index (χ4n) is 4.83. The first kappa shape index (κ1) is 30.7. The first-order valence-electron chi connectivity index (χ1n) is 13.5. The van der Waals surface area contributed by atoms with Crippen LogP contribution in [0.1, 0.15) is 107 Å². The van der Waals surface area contributed by atoms with Crippen molar-refractivity contribution < 1.29 is 29.3 Å². The quantitative estimate of drug-likeness (QED) is 0.309. The predicted molar refractivity (Wildman–Crippen MR) is 157 cm³/mol. The van der Waals surface area contributed by atoms with E-state index in [1.807, 2.05) is 81.4 Å². The summed E-state index contributed by atoms with van der Waals surface area (Å²) in [5, 5.41) is 21.5. The summed E-state index contributed by atoms with van der Waals surface area (Å²) in [6, 6.07) is 10.1. The lowest BCUT2D eigenvalue weighted by Crippen LogP contribution is -2.15. The monoisotopic (exact) mass is 546 g/mol. The normalized spacial score (nSPS) is 11.8. The average molecular weight is 547 g/mol. The molecule has 2 N–H and O–H groups in total. The van der Waals surface area contributed by atoms with Crippen LogP contribution in [0.25, 0.3) is 0 Å². The van der Waals surface area contributed by atoms with Crippen molar-refractivity contribution in [1.82, 2.24) is 0 Å². The van der Waals surface area contributed by atoms with Crippen LogP contribution < -0.4 is 0 Å². The first-order valence-corrected chi connectivity index (χ1v) is 13.5. The highest BCUT2D eigenvalue weighted by molar-refractivity contribution is 5.95. The molecule has 0 heterocycles. The molecule has 3 rings (SSSR count). The molecular weight excluding hydrogens is 504 g/mol. The molecule has 40 heavy (non-hydrogen) atoms. The number of hydrogen-bond acceptors (Lipinski definition) is 6. The molecule has 214 valence electrons. The van der Waals surface area contributed by atoms with Gasteiger partial charge in [-0.25, -0.2) is 9.59 Å². The van der Waals surface area contributed by atoms with Gasteiger partial charge in [-0.05, 0) is 101 Å². The lowest BCUT2D eigenvalue weighted by Gasteiger charge is -2.24. The number of aromatic hydroxyl groups is 2. The molecule has 6 heteroatoms. The minimum Gasteiger partial charge on any atom is -0.507 e. The van der Waals surface area contributed by atoms with Gasteiger partial charge >= 0.3 is 11.9 Å². The third-order valence-electron chi connectivity index (χ3n) is 7.44. The van der Waals surface area contributed by atoms with E-state index in [-0.39, 0.29) is 46.7 Å². The van der Waals surface area contributed by atoms with Gasteiger partial charge in [0, 0.05) is 0 Å². The van der Waals surface area contributed by atoms with Crippen molar-refractivity contribution in [3.8, 4) is 11.5 Å². The Kier molecular flexibility index (Phi) is 8.73. The van der Waals surface area contributed by atoms with Gasteiger partial charge in [0.15, 0.2) is 0 Å². The second-order valence-corrected chi connectivity index (χ2v) is 12.6. The van der Waals surface area contributed by atoms with E-state index in [1.54, 1.807) is 18.2 Å². The summed E-state index contributed by atoms with van der Waals surface area (Å²) in [4.78, 5) is 25.8. The van der Waals surface area contributed by atoms with Crippen LogP contribution >= 0.6 is 0 Å². The van der Waals surface area contributed by atoms with E-state index in [0.29, 0.717) is 11.1 Å². The van der Waals surface area contributed by atoms with Gasteiger partial charge < -0.3 is 19.7 Å². The van der Waals surface area contributed by atoms with Crippen LogP contribution in [0.2, 0.25) is 0 Å². The van der Waals surface area contributed by atoms with E-state index < -0.39 is 11.9 Å². The molecule has 0 aliphatic heterocycles. The Morgan fingerprint density at radius 1 is 0.650 bits per heavy atom. The molecule has 3 aromatic rings. The molecule has 0 saturated carbocycles. The molecular formula is C34H42O6. The van der Waals surface area contributed by atoms with E-state index in [9.17, 15) is 19.8 Å². The van der Waals surface area contributed by atoms with Crippen LogP contribution in [0.3, 0.4) is 0 Å². The van der Waals surface area contributed by atoms with Gasteiger partial charge in [-0.2, -0.15) is 0 Å². The van der Waals surface area contributed by atoms with E-state index >= 15 is 0 Å². The maximum absolute atomic E-state index is 12.9. The fraction of sp³-hybridized carbons (Fsp3) is 0.412. The molecule has 0 fully saturated rings. The number of carbonyl (C=O) groups excluding carboxylic acids is 2. The number of phenolic OH excluding ortho intramolecular Hbond substituents is 2. The van der Waals surface area contributed by atoms with Gasteiger partial charge in [0.1, 0.15) is 24.7 Å². The second-order valence-electron chi connectivity index (χ2n) is 12.6. The number of rotatable bonds is 6. The van der Waals surface area contributed by atoms with Crippen LogP contribution in [-0.2, 0) is 33.5 Å². The van der Waals surface area contributed by atoms with Crippen molar-refractivity contribution >= 4 is 11.9 Å². The van der Waals surface area contributed by atoms with Gasteiger partial charge in [0.25, 0.3) is 0 Å². The predicted octanol–water partition coefficient (Wildman–Crippen LogP) is 7.64. The molecule has 0 radical (unpaired) electrons. The molecule has 6 nitrogen and oxygen atoms in total. The summed E-state index contributed by atoms with van der Waals surface area (Å²) < 4.78 is 11.1. The van der Waals surface area contributed by atoms with Crippen molar-refractivity contribution in [1.29, 1.82) is 0 Å². The molecule has 0 unspecified atom stereocenters. The number of benzene rings is 3. The molecule has 0 aliphatic carbocycles. The molecule has 0 amide bonds. The Morgan fingerprint density at radius 2 is 1.00 bits per heavy atom. The Morgan fingerprint density at radius 3 is 1.32 bits per heavy atom. The van der Waals surface area contributed by atoms with Gasteiger partial charge in [-0.15, -0.1) is 0 Å². The summed E-state index contributed by atoms with van der Waals surface area (Å²) in [7, 11) is 0. The van der Waals surface area contributed by atoms with Crippen molar-refractivity contribution in [3.05, 3.63) is 92.0 Å². The molecule has 0 bridgehead atoms. The van der Waals surface area contributed by atoms with E-state index in [2.05, 4.69) is 0 Å². The second kappa shape index (κ2) is 11.4. The number of carbonyl (C=O) groups is 2. The smallest absolute Gasteiger partial charge is 0.338 e. The highest BCUT2D eigenvalue weighted by atomic mass is 16.5.